The molecule has 0 N–H and O–H groups in total. The molecule has 1 heterocycles. The summed E-state index contributed by atoms with van der Waals surface area (Å²) < 4.78 is 41.1. The SMILES string of the molecule is CC(C)[C@H]1CC[C@H](C)C[C@@H]1O[C@H]1O[C@H](COCc2ccccc2)[C@@H](OCc2ccccc2)[C@H](OCc2ccccc2)[C@@H]1OCc1ccccc1. The molecule has 4 aromatic rings. The predicted octanol–water partition coefficient (Wildman–Crippen LogP) is 9.16. The smallest absolute Gasteiger partial charge is 0.187 e. The summed E-state index contributed by atoms with van der Waals surface area (Å²) in [6.45, 7) is 8.94. The van der Waals surface area contributed by atoms with E-state index in [9.17, 15) is 0 Å². The van der Waals surface area contributed by atoms with Gasteiger partial charge in [0.05, 0.1) is 39.1 Å². The van der Waals surface area contributed by atoms with Gasteiger partial charge in [-0.2, -0.15) is 0 Å². The maximum Gasteiger partial charge on any atom is 0.187 e. The van der Waals surface area contributed by atoms with E-state index < -0.39 is 30.7 Å². The molecule has 2 aliphatic rings. The first-order valence-electron chi connectivity index (χ1n) is 18.4. The van der Waals surface area contributed by atoms with E-state index in [0.717, 1.165) is 35.1 Å². The van der Waals surface area contributed by atoms with Crippen molar-refractivity contribution < 1.29 is 28.4 Å². The highest BCUT2D eigenvalue weighted by molar-refractivity contribution is 5.16. The van der Waals surface area contributed by atoms with E-state index in [-0.39, 0.29) is 6.10 Å². The molecule has 1 aliphatic carbocycles. The summed E-state index contributed by atoms with van der Waals surface area (Å²) in [6.07, 6.45) is 0.756. The van der Waals surface area contributed by atoms with Crippen molar-refractivity contribution in [3.63, 3.8) is 0 Å². The highest BCUT2D eigenvalue weighted by Crippen LogP contribution is 2.39. The van der Waals surface area contributed by atoms with E-state index in [0.29, 0.717) is 50.8 Å². The van der Waals surface area contributed by atoms with E-state index in [1.54, 1.807) is 0 Å². The van der Waals surface area contributed by atoms with Gasteiger partial charge < -0.3 is 28.4 Å². The second-order valence-corrected chi connectivity index (χ2v) is 14.3. The van der Waals surface area contributed by atoms with Gasteiger partial charge in [0, 0.05) is 0 Å². The first-order valence-corrected chi connectivity index (χ1v) is 18.4. The summed E-state index contributed by atoms with van der Waals surface area (Å²) >= 11 is 0. The molecule has 4 aromatic carbocycles. The van der Waals surface area contributed by atoms with E-state index in [1.165, 1.54) is 6.42 Å². The van der Waals surface area contributed by atoms with Gasteiger partial charge in [-0.1, -0.05) is 149 Å². The third-order valence-electron chi connectivity index (χ3n) is 10.1. The maximum atomic E-state index is 7.13. The molecule has 6 rings (SSSR count). The molecule has 0 radical (unpaired) electrons. The van der Waals surface area contributed by atoms with Crippen molar-refractivity contribution in [2.75, 3.05) is 6.61 Å². The van der Waals surface area contributed by atoms with Crippen molar-refractivity contribution in [2.45, 2.75) is 103 Å². The molecular weight excluding hydrogens is 624 g/mol. The molecule has 6 nitrogen and oxygen atoms in total. The van der Waals surface area contributed by atoms with Crippen LogP contribution in [0.25, 0.3) is 0 Å². The van der Waals surface area contributed by atoms with Crippen molar-refractivity contribution in [3.8, 4) is 0 Å². The molecule has 0 unspecified atom stereocenters. The topological polar surface area (TPSA) is 55.4 Å². The molecule has 0 aromatic heterocycles. The number of rotatable bonds is 16. The first kappa shape index (κ1) is 36.4. The zero-order chi connectivity index (χ0) is 34.5. The van der Waals surface area contributed by atoms with Crippen LogP contribution in [0.5, 0.6) is 0 Å². The van der Waals surface area contributed by atoms with Crippen LogP contribution in [0, 0.1) is 17.8 Å². The summed E-state index contributed by atoms with van der Waals surface area (Å²) in [4.78, 5) is 0. The van der Waals surface area contributed by atoms with Crippen LogP contribution in [0.3, 0.4) is 0 Å². The first-order chi connectivity index (χ1) is 24.5. The molecule has 8 atom stereocenters. The Kier molecular flexibility index (Phi) is 13.7. The van der Waals surface area contributed by atoms with Gasteiger partial charge in [-0.05, 0) is 52.8 Å². The second-order valence-electron chi connectivity index (χ2n) is 14.3. The zero-order valence-corrected chi connectivity index (χ0v) is 29.8. The molecule has 2 fully saturated rings. The van der Waals surface area contributed by atoms with Crippen LogP contribution in [0.15, 0.2) is 121 Å². The van der Waals surface area contributed by atoms with E-state index in [1.807, 2.05) is 72.8 Å². The van der Waals surface area contributed by atoms with Gasteiger partial charge in [-0.3, -0.25) is 0 Å². The Balaban J connectivity index is 1.33. The minimum absolute atomic E-state index is 0.0500. The van der Waals surface area contributed by atoms with Crippen molar-refractivity contribution in [2.24, 2.45) is 17.8 Å². The minimum Gasteiger partial charge on any atom is -0.374 e. The highest BCUT2D eigenvalue weighted by Gasteiger charge is 2.50. The molecule has 1 saturated carbocycles. The van der Waals surface area contributed by atoms with Gasteiger partial charge in [0.15, 0.2) is 6.29 Å². The lowest BCUT2D eigenvalue weighted by Crippen LogP contribution is -2.62. The van der Waals surface area contributed by atoms with E-state index in [4.69, 9.17) is 28.4 Å². The van der Waals surface area contributed by atoms with Gasteiger partial charge in [0.2, 0.25) is 0 Å². The standard InChI is InChI=1S/C44H54O6/c1-32(2)38-25-24-33(3)26-39(38)49-44-43(48-30-37-22-14-7-15-23-37)42(47-29-36-20-12-6-13-21-36)41(46-28-35-18-10-5-11-19-35)40(50-44)31-45-27-34-16-8-4-9-17-34/h4-23,32-33,38-44H,24-31H2,1-3H3/t33-,38+,39-,40+,41+,42-,43-,44-/m0/s1. The zero-order valence-electron chi connectivity index (χ0n) is 29.8. The van der Waals surface area contributed by atoms with Crippen LogP contribution >= 0.6 is 0 Å². The molecule has 50 heavy (non-hydrogen) atoms. The van der Waals surface area contributed by atoms with Crippen LogP contribution in [0.2, 0.25) is 0 Å². The highest BCUT2D eigenvalue weighted by atomic mass is 16.7. The summed E-state index contributed by atoms with van der Waals surface area (Å²) in [5.41, 5.74) is 4.34. The predicted molar refractivity (Wildman–Crippen MR) is 196 cm³/mol. The summed E-state index contributed by atoms with van der Waals surface area (Å²) in [7, 11) is 0. The van der Waals surface area contributed by atoms with Gasteiger partial charge in [0.25, 0.3) is 0 Å². The Morgan fingerprint density at radius 1 is 0.580 bits per heavy atom. The number of hydrogen-bond acceptors (Lipinski definition) is 6. The Bertz CT molecular complexity index is 1500. The van der Waals surface area contributed by atoms with Crippen LogP contribution in [0.1, 0.15) is 62.3 Å². The fourth-order valence-corrected chi connectivity index (χ4v) is 7.30. The molecule has 1 aliphatic heterocycles. The van der Waals surface area contributed by atoms with E-state index in [2.05, 4.69) is 69.3 Å². The Labute approximate surface area is 299 Å². The normalized spacial score (nSPS) is 27.0. The van der Waals surface area contributed by atoms with Crippen molar-refractivity contribution in [1.29, 1.82) is 0 Å². The van der Waals surface area contributed by atoms with Crippen LogP contribution in [-0.4, -0.2) is 43.4 Å². The average Bonchev–Trinajstić information content (AvgIpc) is 3.14. The monoisotopic (exact) mass is 678 g/mol. The maximum absolute atomic E-state index is 7.13. The molecule has 6 heteroatoms. The lowest BCUT2D eigenvalue weighted by molar-refractivity contribution is -0.341. The fourth-order valence-electron chi connectivity index (χ4n) is 7.30. The Hall–Kier alpha value is -3.36. The van der Waals surface area contributed by atoms with Gasteiger partial charge in [-0.15, -0.1) is 0 Å². The number of ether oxygens (including phenoxy) is 6. The molecule has 0 amide bonds. The lowest BCUT2D eigenvalue weighted by atomic mass is 9.75. The van der Waals surface area contributed by atoms with Crippen LogP contribution < -0.4 is 0 Å². The van der Waals surface area contributed by atoms with E-state index >= 15 is 0 Å². The third kappa shape index (κ3) is 10.3. The van der Waals surface area contributed by atoms with Gasteiger partial charge in [-0.25, -0.2) is 0 Å². The largest absolute Gasteiger partial charge is 0.374 e. The molecule has 0 bridgehead atoms. The molecule has 0 spiro atoms. The summed E-state index contributed by atoms with van der Waals surface area (Å²) in [6, 6.07) is 41.0. The van der Waals surface area contributed by atoms with Crippen molar-refractivity contribution >= 4 is 0 Å². The Morgan fingerprint density at radius 3 is 1.54 bits per heavy atom. The average molecular weight is 679 g/mol. The van der Waals surface area contributed by atoms with Crippen LogP contribution in [0.4, 0.5) is 0 Å². The Morgan fingerprint density at radius 2 is 1.04 bits per heavy atom. The van der Waals surface area contributed by atoms with Gasteiger partial charge >= 0.3 is 0 Å². The number of hydrogen-bond donors (Lipinski definition) is 0. The van der Waals surface area contributed by atoms with Crippen LogP contribution in [-0.2, 0) is 54.8 Å². The lowest BCUT2D eigenvalue weighted by Gasteiger charge is -2.48. The fraction of sp³-hybridized carbons (Fsp3) is 0.455. The van der Waals surface area contributed by atoms with Gasteiger partial charge in [0.1, 0.15) is 24.4 Å². The minimum atomic E-state index is -0.669. The quantitative estimate of drug-likeness (QED) is 0.118. The summed E-state index contributed by atoms with van der Waals surface area (Å²) in [5, 5.41) is 0. The third-order valence-corrected chi connectivity index (χ3v) is 10.1. The summed E-state index contributed by atoms with van der Waals surface area (Å²) in [5.74, 6) is 1.52. The van der Waals surface area contributed by atoms with Crippen molar-refractivity contribution in [3.05, 3.63) is 144 Å². The molecule has 266 valence electrons. The van der Waals surface area contributed by atoms with Crippen molar-refractivity contribution in [1.82, 2.24) is 0 Å². The molecular formula is C44H54O6. The molecule has 1 saturated heterocycles. The number of benzene rings is 4. The second kappa shape index (κ2) is 18.8.